The lowest BCUT2D eigenvalue weighted by molar-refractivity contribution is -0.116. The summed E-state index contributed by atoms with van der Waals surface area (Å²) in [7, 11) is 1.62. The molecule has 1 amide bonds. The minimum absolute atomic E-state index is 0.0526. The fourth-order valence-electron chi connectivity index (χ4n) is 2.70. The fourth-order valence-corrected chi connectivity index (χ4v) is 2.83. The van der Waals surface area contributed by atoms with Crippen LogP contribution in [0.3, 0.4) is 0 Å². The van der Waals surface area contributed by atoms with Gasteiger partial charge in [0.25, 0.3) is 0 Å². The van der Waals surface area contributed by atoms with Gasteiger partial charge in [-0.25, -0.2) is 0 Å². The van der Waals surface area contributed by atoms with Crippen LogP contribution in [0.25, 0.3) is 0 Å². The Balaban J connectivity index is 1.35. The van der Waals surface area contributed by atoms with E-state index in [1.165, 1.54) is 0 Å². The number of hydrogen-bond acceptors (Lipinski definition) is 4. The Morgan fingerprint density at radius 1 is 0.833 bits per heavy atom. The van der Waals surface area contributed by atoms with Crippen molar-refractivity contribution in [3.05, 3.63) is 83.4 Å². The Morgan fingerprint density at radius 2 is 1.43 bits per heavy atom. The smallest absolute Gasteiger partial charge is 0.224 e. The quantitative estimate of drug-likeness (QED) is 0.422. The van der Waals surface area contributed by atoms with E-state index in [1.807, 2.05) is 72.8 Å². The molecule has 0 aliphatic heterocycles. The van der Waals surface area contributed by atoms with Crippen molar-refractivity contribution in [1.29, 1.82) is 0 Å². The number of nitrogens with one attached hydrogen (secondary N) is 1. The molecule has 5 nitrogen and oxygen atoms in total. The molecule has 0 aliphatic carbocycles. The molecular weight excluding hydrogens is 402 g/mol. The van der Waals surface area contributed by atoms with E-state index in [0.29, 0.717) is 31.1 Å². The molecule has 3 rings (SSSR count). The summed E-state index contributed by atoms with van der Waals surface area (Å²) in [4.78, 5) is 12.1. The van der Waals surface area contributed by atoms with Gasteiger partial charge in [0, 0.05) is 17.1 Å². The highest BCUT2D eigenvalue weighted by molar-refractivity contribution is 6.30. The number of amides is 1. The van der Waals surface area contributed by atoms with Gasteiger partial charge in [0.2, 0.25) is 5.91 Å². The van der Waals surface area contributed by atoms with Gasteiger partial charge in [-0.3, -0.25) is 4.79 Å². The van der Waals surface area contributed by atoms with Gasteiger partial charge >= 0.3 is 0 Å². The first kappa shape index (κ1) is 21.5. The van der Waals surface area contributed by atoms with Gasteiger partial charge in [0.1, 0.15) is 23.9 Å². The Kier molecular flexibility index (Phi) is 7.98. The molecule has 6 heteroatoms. The summed E-state index contributed by atoms with van der Waals surface area (Å²) in [5, 5.41) is 3.58. The van der Waals surface area contributed by atoms with Gasteiger partial charge in [-0.2, -0.15) is 0 Å². The van der Waals surface area contributed by atoms with E-state index in [4.69, 9.17) is 25.8 Å². The van der Waals surface area contributed by atoms with Crippen molar-refractivity contribution in [2.75, 3.05) is 19.0 Å². The number of methoxy groups -OCH3 is 1. The maximum Gasteiger partial charge on any atom is 0.224 e. The standard InChI is InChI=1S/C24H24ClNO4/c1-28-21-12-14-22(15-13-21)29-16-2-3-24(27)26-20-8-10-23(11-9-20)30-17-18-4-6-19(25)7-5-18/h4-15H,2-3,16-17H2,1H3,(H,26,27). The molecule has 156 valence electrons. The number of carbonyl (C=O) groups excluding carboxylic acids is 1. The van der Waals surface area contributed by atoms with Crippen molar-refractivity contribution < 1.29 is 19.0 Å². The number of rotatable bonds is 10. The van der Waals surface area contributed by atoms with E-state index in [-0.39, 0.29) is 5.91 Å². The van der Waals surface area contributed by atoms with Gasteiger partial charge in [-0.1, -0.05) is 23.7 Å². The van der Waals surface area contributed by atoms with Gasteiger partial charge < -0.3 is 19.5 Å². The Labute approximate surface area is 181 Å². The van der Waals surface area contributed by atoms with Crippen LogP contribution in [0.1, 0.15) is 18.4 Å². The van der Waals surface area contributed by atoms with E-state index in [9.17, 15) is 4.79 Å². The molecule has 0 aromatic heterocycles. The predicted molar refractivity (Wildman–Crippen MR) is 119 cm³/mol. The minimum Gasteiger partial charge on any atom is -0.497 e. The van der Waals surface area contributed by atoms with Crippen LogP contribution in [0.2, 0.25) is 5.02 Å². The second-order valence-corrected chi connectivity index (χ2v) is 7.05. The normalized spacial score (nSPS) is 10.3. The maximum atomic E-state index is 12.1. The third-order valence-electron chi connectivity index (χ3n) is 4.33. The monoisotopic (exact) mass is 425 g/mol. The maximum absolute atomic E-state index is 12.1. The van der Waals surface area contributed by atoms with Crippen molar-refractivity contribution >= 4 is 23.2 Å². The lowest BCUT2D eigenvalue weighted by Gasteiger charge is -2.09. The van der Waals surface area contributed by atoms with E-state index in [2.05, 4.69) is 5.32 Å². The van der Waals surface area contributed by atoms with Gasteiger partial charge in [0.15, 0.2) is 0 Å². The Hall–Kier alpha value is -3.18. The second kappa shape index (κ2) is 11.1. The van der Waals surface area contributed by atoms with Crippen LogP contribution in [0.15, 0.2) is 72.8 Å². The van der Waals surface area contributed by atoms with Crippen molar-refractivity contribution in [2.24, 2.45) is 0 Å². The Bertz CT molecular complexity index is 925. The first-order chi connectivity index (χ1) is 14.6. The molecule has 3 aromatic rings. The van der Waals surface area contributed by atoms with E-state index in [0.717, 1.165) is 28.5 Å². The van der Waals surface area contributed by atoms with Crippen molar-refractivity contribution in [2.45, 2.75) is 19.4 Å². The largest absolute Gasteiger partial charge is 0.497 e. The summed E-state index contributed by atoms with van der Waals surface area (Å²) in [6.07, 6.45) is 1.01. The molecule has 0 unspecified atom stereocenters. The van der Waals surface area contributed by atoms with E-state index >= 15 is 0 Å². The van der Waals surface area contributed by atoms with Crippen molar-refractivity contribution in [3.8, 4) is 17.2 Å². The van der Waals surface area contributed by atoms with Crippen LogP contribution in [0.4, 0.5) is 5.69 Å². The molecule has 1 N–H and O–H groups in total. The van der Waals surface area contributed by atoms with Crippen LogP contribution in [0.5, 0.6) is 17.2 Å². The average molecular weight is 426 g/mol. The molecule has 30 heavy (non-hydrogen) atoms. The summed E-state index contributed by atoms with van der Waals surface area (Å²) in [5.41, 5.74) is 1.77. The van der Waals surface area contributed by atoms with E-state index in [1.54, 1.807) is 7.11 Å². The van der Waals surface area contributed by atoms with Crippen LogP contribution in [0, 0.1) is 0 Å². The van der Waals surface area contributed by atoms with Crippen molar-refractivity contribution in [1.82, 2.24) is 0 Å². The third kappa shape index (κ3) is 7.01. The SMILES string of the molecule is COc1ccc(OCCCC(=O)Nc2ccc(OCc3ccc(Cl)cc3)cc2)cc1. The first-order valence-electron chi connectivity index (χ1n) is 9.66. The summed E-state index contributed by atoms with van der Waals surface area (Å²) in [6.45, 7) is 0.925. The van der Waals surface area contributed by atoms with Crippen LogP contribution in [-0.2, 0) is 11.4 Å². The zero-order chi connectivity index (χ0) is 21.2. The van der Waals surface area contributed by atoms with Crippen LogP contribution >= 0.6 is 11.6 Å². The molecule has 0 aliphatic rings. The highest BCUT2D eigenvalue weighted by Gasteiger charge is 2.04. The van der Waals surface area contributed by atoms with Gasteiger partial charge in [-0.15, -0.1) is 0 Å². The van der Waals surface area contributed by atoms with E-state index < -0.39 is 0 Å². The lowest BCUT2D eigenvalue weighted by atomic mass is 10.2. The number of benzene rings is 3. The molecular formula is C24H24ClNO4. The number of halogens is 1. The molecule has 0 bridgehead atoms. The van der Waals surface area contributed by atoms with Gasteiger partial charge in [-0.05, 0) is 72.6 Å². The molecule has 0 radical (unpaired) electrons. The molecule has 0 saturated heterocycles. The number of carbonyl (C=O) groups is 1. The summed E-state index contributed by atoms with van der Waals surface area (Å²) < 4.78 is 16.5. The predicted octanol–water partition coefficient (Wildman–Crippen LogP) is 5.73. The minimum atomic E-state index is -0.0526. The molecule has 0 fully saturated rings. The topological polar surface area (TPSA) is 56.8 Å². The number of ether oxygens (including phenoxy) is 3. The molecule has 0 spiro atoms. The molecule has 3 aromatic carbocycles. The van der Waals surface area contributed by atoms with Crippen LogP contribution < -0.4 is 19.5 Å². The zero-order valence-electron chi connectivity index (χ0n) is 16.8. The summed E-state index contributed by atoms with van der Waals surface area (Å²) in [5.74, 6) is 2.22. The van der Waals surface area contributed by atoms with Crippen molar-refractivity contribution in [3.63, 3.8) is 0 Å². The summed E-state index contributed by atoms with van der Waals surface area (Å²) >= 11 is 5.88. The fraction of sp³-hybridized carbons (Fsp3) is 0.208. The zero-order valence-corrected chi connectivity index (χ0v) is 17.5. The van der Waals surface area contributed by atoms with Gasteiger partial charge in [0.05, 0.1) is 13.7 Å². The number of anilines is 1. The highest BCUT2D eigenvalue weighted by atomic mass is 35.5. The second-order valence-electron chi connectivity index (χ2n) is 6.62. The lowest BCUT2D eigenvalue weighted by Crippen LogP contribution is -2.12. The Morgan fingerprint density at radius 3 is 2.10 bits per heavy atom. The third-order valence-corrected chi connectivity index (χ3v) is 4.59. The average Bonchev–Trinajstić information content (AvgIpc) is 2.78. The molecule has 0 saturated carbocycles. The molecule has 0 heterocycles. The first-order valence-corrected chi connectivity index (χ1v) is 10.0. The molecule has 0 atom stereocenters. The highest BCUT2D eigenvalue weighted by Crippen LogP contribution is 2.19. The van der Waals surface area contributed by atoms with Crippen LogP contribution in [-0.4, -0.2) is 19.6 Å². The summed E-state index contributed by atoms with van der Waals surface area (Å²) in [6, 6.07) is 22.2. The number of hydrogen-bond donors (Lipinski definition) is 1.